The molecule has 0 fully saturated rings. The first-order valence-electron chi connectivity index (χ1n) is 10.7. The van der Waals surface area contributed by atoms with Crippen LogP contribution in [0.3, 0.4) is 0 Å². The zero-order valence-electron chi connectivity index (χ0n) is 18.5. The molecular formula is C24H28N2O4S2. The number of thioether (sulfide) groups is 2. The molecule has 0 aliphatic carbocycles. The van der Waals surface area contributed by atoms with Crippen LogP contribution in [0.2, 0.25) is 0 Å². The van der Waals surface area contributed by atoms with E-state index in [0.717, 1.165) is 34.1 Å². The van der Waals surface area contributed by atoms with Gasteiger partial charge in [0, 0.05) is 60.3 Å². The Bertz CT molecular complexity index is 918. The van der Waals surface area contributed by atoms with E-state index in [9.17, 15) is 9.59 Å². The second-order valence-corrected chi connectivity index (χ2v) is 10.0. The molecule has 0 radical (unpaired) electrons. The Morgan fingerprint density at radius 2 is 1.22 bits per heavy atom. The van der Waals surface area contributed by atoms with E-state index in [-0.39, 0.29) is 24.7 Å². The van der Waals surface area contributed by atoms with Gasteiger partial charge in [0.05, 0.1) is 14.2 Å². The summed E-state index contributed by atoms with van der Waals surface area (Å²) < 4.78 is 10.7. The van der Waals surface area contributed by atoms with Gasteiger partial charge in [-0.2, -0.15) is 0 Å². The quantitative estimate of drug-likeness (QED) is 0.654. The zero-order chi connectivity index (χ0) is 22.5. The minimum atomic E-state index is 0.0286. The Balaban J connectivity index is 1.36. The van der Waals surface area contributed by atoms with Crippen LogP contribution < -0.4 is 9.47 Å². The molecule has 0 spiro atoms. The lowest BCUT2D eigenvalue weighted by atomic mass is 10.1. The standard InChI is InChI=1S/C24H28N2O4S2/c1-29-19-3-5-21-17(13-19)15-25(9-11-31-21)23(27)7-8-24(28)26-10-12-32-22-6-4-20(30-2)14-18(22)16-26/h3-6,13-14H,7-12,15-16H2,1-2H3. The summed E-state index contributed by atoms with van der Waals surface area (Å²) in [5.41, 5.74) is 2.20. The van der Waals surface area contributed by atoms with Gasteiger partial charge >= 0.3 is 0 Å². The van der Waals surface area contributed by atoms with E-state index >= 15 is 0 Å². The lowest BCUT2D eigenvalue weighted by Crippen LogP contribution is -2.35. The Morgan fingerprint density at radius 3 is 1.62 bits per heavy atom. The summed E-state index contributed by atoms with van der Waals surface area (Å²) >= 11 is 3.52. The highest BCUT2D eigenvalue weighted by atomic mass is 32.2. The van der Waals surface area contributed by atoms with Crippen molar-refractivity contribution in [1.82, 2.24) is 9.80 Å². The number of ether oxygens (including phenoxy) is 2. The minimum Gasteiger partial charge on any atom is -0.497 e. The lowest BCUT2D eigenvalue weighted by Gasteiger charge is -2.23. The maximum absolute atomic E-state index is 12.9. The van der Waals surface area contributed by atoms with Crippen molar-refractivity contribution in [2.75, 3.05) is 38.8 Å². The van der Waals surface area contributed by atoms with Crippen molar-refractivity contribution in [1.29, 1.82) is 0 Å². The highest BCUT2D eigenvalue weighted by Gasteiger charge is 2.23. The number of hydrogen-bond acceptors (Lipinski definition) is 6. The van der Waals surface area contributed by atoms with E-state index in [2.05, 4.69) is 12.1 Å². The highest BCUT2D eigenvalue weighted by Crippen LogP contribution is 2.32. The third-order valence-corrected chi connectivity index (χ3v) is 7.95. The van der Waals surface area contributed by atoms with E-state index in [1.54, 1.807) is 37.7 Å². The molecule has 0 saturated heterocycles. The van der Waals surface area contributed by atoms with Gasteiger partial charge in [-0.3, -0.25) is 9.59 Å². The van der Waals surface area contributed by atoms with Crippen molar-refractivity contribution >= 4 is 35.3 Å². The van der Waals surface area contributed by atoms with E-state index in [1.165, 1.54) is 9.79 Å². The summed E-state index contributed by atoms with van der Waals surface area (Å²) in [4.78, 5) is 32.0. The average molecular weight is 473 g/mol. The van der Waals surface area contributed by atoms with Crippen LogP contribution in [0.1, 0.15) is 24.0 Å². The number of carbonyl (C=O) groups is 2. The number of rotatable bonds is 5. The molecule has 2 aliphatic heterocycles. The SMILES string of the molecule is COc1ccc2c(c1)CN(C(=O)CCC(=O)N1CCSc3ccc(OC)cc3C1)CCS2. The Labute approximate surface area is 197 Å². The molecule has 32 heavy (non-hydrogen) atoms. The van der Waals surface area contributed by atoms with Crippen molar-refractivity contribution in [3.63, 3.8) is 0 Å². The van der Waals surface area contributed by atoms with E-state index in [0.29, 0.717) is 26.2 Å². The molecule has 0 aromatic heterocycles. The molecule has 0 bridgehead atoms. The van der Waals surface area contributed by atoms with Crippen LogP contribution in [0.25, 0.3) is 0 Å². The summed E-state index contributed by atoms with van der Waals surface area (Å²) in [6, 6.07) is 12.0. The molecule has 4 rings (SSSR count). The van der Waals surface area contributed by atoms with E-state index in [4.69, 9.17) is 9.47 Å². The smallest absolute Gasteiger partial charge is 0.223 e. The molecule has 2 heterocycles. The lowest BCUT2D eigenvalue weighted by molar-refractivity contribution is -0.137. The Hall–Kier alpha value is -2.32. The molecule has 6 nitrogen and oxygen atoms in total. The van der Waals surface area contributed by atoms with Gasteiger partial charge in [0.25, 0.3) is 0 Å². The van der Waals surface area contributed by atoms with Crippen molar-refractivity contribution < 1.29 is 19.1 Å². The largest absolute Gasteiger partial charge is 0.497 e. The van der Waals surface area contributed by atoms with Crippen molar-refractivity contribution in [3.8, 4) is 11.5 Å². The molecule has 0 atom stereocenters. The number of nitrogens with zero attached hydrogens (tertiary/aromatic N) is 2. The number of fused-ring (bicyclic) bond motifs is 2. The molecule has 0 saturated carbocycles. The van der Waals surface area contributed by atoms with Gasteiger partial charge in [-0.25, -0.2) is 0 Å². The first kappa shape index (κ1) is 22.9. The second-order valence-electron chi connectivity index (χ2n) is 7.77. The van der Waals surface area contributed by atoms with Gasteiger partial charge in [-0.1, -0.05) is 0 Å². The van der Waals surface area contributed by atoms with Crippen LogP contribution in [-0.2, 0) is 22.7 Å². The van der Waals surface area contributed by atoms with Crippen molar-refractivity contribution in [3.05, 3.63) is 47.5 Å². The summed E-state index contributed by atoms with van der Waals surface area (Å²) in [7, 11) is 3.30. The van der Waals surface area contributed by atoms with Gasteiger partial charge in [-0.15, -0.1) is 23.5 Å². The first-order valence-corrected chi connectivity index (χ1v) is 12.7. The van der Waals surface area contributed by atoms with Gasteiger partial charge in [0.15, 0.2) is 0 Å². The zero-order valence-corrected chi connectivity index (χ0v) is 20.1. The van der Waals surface area contributed by atoms with Gasteiger partial charge in [0.2, 0.25) is 11.8 Å². The molecule has 0 N–H and O–H groups in total. The highest BCUT2D eigenvalue weighted by molar-refractivity contribution is 7.99. The number of amides is 2. The van der Waals surface area contributed by atoms with Crippen molar-refractivity contribution in [2.24, 2.45) is 0 Å². The molecule has 170 valence electrons. The molecular weight excluding hydrogens is 444 g/mol. The van der Waals surface area contributed by atoms with Crippen LogP contribution in [-0.4, -0.2) is 60.4 Å². The minimum absolute atomic E-state index is 0.0286. The topological polar surface area (TPSA) is 59.1 Å². The fourth-order valence-electron chi connectivity index (χ4n) is 3.95. The van der Waals surface area contributed by atoms with E-state index < -0.39 is 0 Å². The summed E-state index contributed by atoms with van der Waals surface area (Å²) in [5, 5.41) is 0. The maximum atomic E-state index is 12.9. The Morgan fingerprint density at radius 1 is 0.781 bits per heavy atom. The fourth-order valence-corrected chi connectivity index (χ4v) is 5.96. The molecule has 2 aromatic carbocycles. The number of methoxy groups -OCH3 is 2. The van der Waals surface area contributed by atoms with Gasteiger partial charge in [0.1, 0.15) is 11.5 Å². The molecule has 2 aromatic rings. The maximum Gasteiger partial charge on any atom is 0.223 e. The number of hydrogen-bond donors (Lipinski definition) is 0. The summed E-state index contributed by atoms with van der Waals surface area (Å²) in [5.74, 6) is 3.35. The molecule has 2 amide bonds. The number of benzene rings is 2. The molecule has 2 aliphatic rings. The van der Waals surface area contributed by atoms with E-state index in [1.807, 2.05) is 34.1 Å². The fraction of sp³-hybridized carbons (Fsp3) is 0.417. The van der Waals surface area contributed by atoms with Gasteiger partial charge in [-0.05, 0) is 47.5 Å². The third-order valence-electron chi connectivity index (χ3n) is 5.75. The first-order chi connectivity index (χ1) is 15.6. The second kappa shape index (κ2) is 10.5. The van der Waals surface area contributed by atoms with Crippen LogP contribution >= 0.6 is 23.5 Å². The monoisotopic (exact) mass is 472 g/mol. The summed E-state index contributed by atoms with van der Waals surface area (Å²) in [6.07, 6.45) is 0.467. The third kappa shape index (κ3) is 5.35. The van der Waals surface area contributed by atoms with Crippen LogP contribution in [0, 0.1) is 0 Å². The predicted octanol–water partition coefficient (Wildman–Crippen LogP) is 4.05. The van der Waals surface area contributed by atoms with Crippen LogP contribution in [0.4, 0.5) is 0 Å². The normalized spacial score (nSPS) is 15.8. The van der Waals surface area contributed by atoms with Crippen LogP contribution in [0.15, 0.2) is 46.2 Å². The summed E-state index contributed by atoms with van der Waals surface area (Å²) in [6.45, 7) is 2.48. The molecule has 0 unspecified atom stereocenters. The molecule has 8 heteroatoms. The average Bonchev–Trinajstić information content (AvgIpc) is 3.17. The van der Waals surface area contributed by atoms with Crippen LogP contribution in [0.5, 0.6) is 11.5 Å². The number of carbonyl (C=O) groups excluding carboxylic acids is 2. The van der Waals surface area contributed by atoms with Gasteiger partial charge < -0.3 is 19.3 Å². The Kier molecular flexibility index (Phi) is 7.52. The predicted molar refractivity (Wildman–Crippen MR) is 128 cm³/mol. The van der Waals surface area contributed by atoms with Crippen molar-refractivity contribution in [2.45, 2.75) is 35.7 Å².